The summed E-state index contributed by atoms with van der Waals surface area (Å²) in [5.41, 5.74) is 2.42. The molecule has 4 rings (SSSR count). The number of amides is 2. The van der Waals surface area contributed by atoms with Crippen LogP contribution in [0.25, 0.3) is 0 Å². The largest absolute Gasteiger partial charge is 0.352 e. The molecule has 1 unspecified atom stereocenters. The molecule has 0 radical (unpaired) electrons. The Bertz CT molecular complexity index is 866. The molecule has 7 nitrogen and oxygen atoms in total. The molecule has 1 aromatic heterocycles. The third-order valence-electron chi connectivity index (χ3n) is 5.67. The molecule has 0 spiro atoms. The van der Waals surface area contributed by atoms with Crippen LogP contribution < -0.4 is 15.1 Å². The Balaban J connectivity index is 1.33. The lowest BCUT2D eigenvalue weighted by atomic mass is 9.97. The van der Waals surface area contributed by atoms with E-state index in [4.69, 9.17) is 0 Å². The first-order valence-corrected chi connectivity index (χ1v) is 11.2. The number of carbonyl (C=O) groups excluding carboxylic acids is 2. The number of benzene rings is 1. The van der Waals surface area contributed by atoms with Gasteiger partial charge in [-0.15, -0.1) is 10.2 Å². The van der Waals surface area contributed by atoms with Crippen molar-refractivity contribution in [3.05, 3.63) is 35.4 Å². The number of hydrogen-bond donors (Lipinski definition) is 1. The molecule has 29 heavy (non-hydrogen) atoms. The molecule has 2 saturated heterocycles. The third kappa shape index (κ3) is 4.58. The van der Waals surface area contributed by atoms with E-state index >= 15 is 0 Å². The summed E-state index contributed by atoms with van der Waals surface area (Å²) in [5, 5.41) is 13.1. The molecule has 0 bridgehead atoms. The van der Waals surface area contributed by atoms with Crippen LogP contribution in [-0.2, 0) is 22.6 Å². The Labute approximate surface area is 175 Å². The predicted octanol–water partition coefficient (Wildman–Crippen LogP) is 2.76. The van der Waals surface area contributed by atoms with Crippen LogP contribution in [0.5, 0.6) is 0 Å². The summed E-state index contributed by atoms with van der Waals surface area (Å²) >= 11 is 1.44. The molecule has 2 aromatic rings. The molecule has 0 saturated carbocycles. The molecule has 8 heteroatoms. The molecular formula is C21H27N5O2S. The number of hydrogen-bond acceptors (Lipinski definition) is 6. The maximum atomic E-state index is 12.7. The monoisotopic (exact) mass is 413 g/mol. The van der Waals surface area contributed by atoms with E-state index in [-0.39, 0.29) is 17.7 Å². The second-order valence-electron chi connectivity index (χ2n) is 7.69. The van der Waals surface area contributed by atoms with Gasteiger partial charge in [-0.05, 0) is 36.8 Å². The quantitative estimate of drug-likeness (QED) is 0.788. The average molecular weight is 414 g/mol. The Morgan fingerprint density at radius 3 is 2.62 bits per heavy atom. The van der Waals surface area contributed by atoms with Gasteiger partial charge >= 0.3 is 0 Å². The summed E-state index contributed by atoms with van der Waals surface area (Å²) in [6.45, 7) is 4.92. The van der Waals surface area contributed by atoms with Crippen molar-refractivity contribution in [2.24, 2.45) is 5.92 Å². The van der Waals surface area contributed by atoms with Gasteiger partial charge in [0.15, 0.2) is 0 Å². The summed E-state index contributed by atoms with van der Waals surface area (Å²) in [7, 11) is 0. The van der Waals surface area contributed by atoms with Crippen molar-refractivity contribution in [2.75, 3.05) is 29.4 Å². The van der Waals surface area contributed by atoms with Crippen LogP contribution in [0.1, 0.15) is 43.7 Å². The summed E-state index contributed by atoms with van der Waals surface area (Å²) in [6, 6.07) is 8.38. The van der Waals surface area contributed by atoms with Gasteiger partial charge < -0.3 is 10.2 Å². The number of nitrogens with one attached hydrogen (secondary N) is 1. The molecule has 154 valence electrons. The number of piperidine rings is 1. The zero-order valence-electron chi connectivity index (χ0n) is 16.8. The number of aromatic nitrogens is 2. The molecule has 2 aliphatic heterocycles. The lowest BCUT2D eigenvalue weighted by molar-refractivity contribution is -0.125. The van der Waals surface area contributed by atoms with Gasteiger partial charge in [0.1, 0.15) is 0 Å². The van der Waals surface area contributed by atoms with E-state index in [0.717, 1.165) is 49.5 Å². The molecule has 3 heterocycles. The first-order chi connectivity index (χ1) is 14.1. The van der Waals surface area contributed by atoms with Gasteiger partial charge in [0.25, 0.3) is 0 Å². The maximum absolute atomic E-state index is 12.7. The van der Waals surface area contributed by atoms with Crippen LogP contribution in [0, 0.1) is 5.92 Å². The summed E-state index contributed by atoms with van der Waals surface area (Å²) in [6.07, 6.45) is 4.31. The highest BCUT2D eigenvalue weighted by molar-refractivity contribution is 7.19. The molecule has 0 aliphatic carbocycles. The van der Waals surface area contributed by atoms with Gasteiger partial charge in [0.05, 0.1) is 5.92 Å². The van der Waals surface area contributed by atoms with Crippen LogP contribution in [0.15, 0.2) is 24.3 Å². The van der Waals surface area contributed by atoms with E-state index in [1.807, 2.05) is 0 Å². The molecule has 1 aromatic carbocycles. The Hall–Kier alpha value is -2.48. The minimum Gasteiger partial charge on any atom is -0.352 e. The van der Waals surface area contributed by atoms with Crippen molar-refractivity contribution in [3.8, 4) is 0 Å². The molecular weight excluding hydrogens is 386 g/mol. The number of anilines is 2. The van der Waals surface area contributed by atoms with Crippen LogP contribution in [0.3, 0.4) is 0 Å². The van der Waals surface area contributed by atoms with Crippen LogP contribution >= 0.6 is 11.3 Å². The highest BCUT2D eigenvalue weighted by Crippen LogP contribution is 2.32. The van der Waals surface area contributed by atoms with Gasteiger partial charge in [0, 0.05) is 32.6 Å². The minimum atomic E-state index is -0.0561. The summed E-state index contributed by atoms with van der Waals surface area (Å²) < 4.78 is 0. The van der Waals surface area contributed by atoms with Crippen LogP contribution in [0.4, 0.5) is 10.3 Å². The lowest BCUT2D eigenvalue weighted by Gasteiger charge is -2.31. The molecule has 2 aliphatic rings. The topological polar surface area (TPSA) is 78.4 Å². The minimum absolute atomic E-state index is 0.0561. The van der Waals surface area contributed by atoms with Crippen molar-refractivity contribution >= 4 is 33.4 Å². The molecule has 2 fully saturated rings. The summed E-state index contributed by atoms with van der Waals surface area (Å²) in [4.78, 5) is 28.5. The van der Waals surface area contributed by atoms with Crippen LogP contribution in [-0.4, -0.2) is 41.6 Å². The zero-order chi connectivity index (χ0) is 20.2. The first kappa shape index (κ1) is 19.8. The van der Waals surface area contributed by atoms with Gasteiger partial charge in [-0.25, -0.2) is 0 Å². The Kier molecular flexibility index (Phi) is 6.08. The van der Waals surface area contributed by atoms with Crippen molar-refractivity contribution in [2.45, 2.75) is 45.6 Å². The SMILES string of the molecule is CCc1ccc(CNC(=O)C2CCCN(c3nnc(N4CCCC4=O)s3)C2)cc1. The first-order valence-electron chi connectivity index (χ1n) is 10.4. The second kappa shape index (κ2) is 8.90. The highest BCUT2D eigenvalue weighted by atomic mass is 32.1. The fraction of sp³-hybridized carbons (Fsp3) is 0.524. The summed E-state index contributed by atoms with van der Waals surface area (Å²) in [5.74, 6) is 0.156. The fourth-order valence-electron chi connectivity index (χ4n) is 3.89. The molecule has 1 atom stereocenters. The predicted molar refractivity (Wildman–Crippen MR) is 114 cm³/mol. The number of rotatable bonds is 6. The highest BCUT2D eigenvalue weighted by Gasteiger charge is 2.29. The van der Waals surface area contributed by atoms with E-state index in [1.165, 1.54) is 16.9 Å². The standard InChI is InChI=1S/C21H27N5O2S/c1-2-15-7-9-16(10-8-15)13-22-19(28)17-5-3-11-25(14-17)20-23-24-21(29-20)26-12-4-6-18(26)27/h7-10,17H,2-6,11-14H2,1H3,(H,22,28). The number of aryl methyl sites for hydroxylation is 1. The number of carbonyl (C=O) groups is 2. The lowest BCUT2D eigenvalue weighted by Crippen LogP contribution is -2.43. The fourth-order valence-corrected chi connectivity index (χ4v) is 4.81. The van der Waals surface area contributed by atoms with Crippen molar-refractivity contribution < 1.29 is 9.59 Å². The van der Waals surface area contributed by atoms with Gasteiger partial charge in [-0.2, -0.15) is 0 Å². The Morgan fingerprint density at radius 2 is 1.90 bits per heavy atom. The third-order valence-corrected chi connectivity index (χ3v) is 6.68. The second-order valence-corrected chi connectivity index (χ2v) is 8.62. The number of nitrogens with zero attached hydrogens (tertiary/aromatic N) is 4. The van der Waals surface area contributed by atoms with Gasteiger partial charge in [0.2, 0.25) is 22.1 Å². The zero-order valence-corrected chi connectivity index (χ0v) is 17.6. The maximum Gasteiger partial charge on any atom is 0.228 e. The van der Waals surface area contributed by atoms with E-state index in [2.05, 4.69) is 51.6 Å². The van der Waals surface area contributed by atoms with E-state index < -0.39 is 0 Å². The van der Waals surface area contributed by atoms with Crippen molar-refractivity contribution in [3.63, 3.8) is 0 Å². The van der Waals surface area contributed by atoms with Crippen molar-refractivity contribution in [1.82, 2.24) is 15.5 Å². The smallest absolute Gasteiger partial charge is 0.228 e. The van der Waals surface area contributed by atoms with E-state index in [0.29, 0.717) is 24.6 Å². The van der Waals surface area contributed by atoms with E-state index in [9.17, 15) is 9.59 Å². The Morgan fingerprint density at radius 1 is 1.14 bits per heavy atom. The average Bonchev–Trinajstić information content (AvgIpc) is 3.41. The van der Waals surface area contributed by atoms with Gasteiger partial charge in [-0.3, -0.25) is 14.5 Å². The van der Waals surface area contributed by atoms with E-state index in [1.54, 1.807) is 4.90 Å². The van der Waals surface area contributed by atoms with Gasteiger partial charge in [-0.1, -0.05) is 42.5 Å². The molecule has 2 amide bonds. The molecule has 1 N–H and O–H groups in total. The normalized spacial score (nSPS) is 19.6. The van der Waals surface area contributed by atoms with Crippen molar-refractivity contribution in [1.29, 1.82) is 0 Å². The van der Waals surface area contributed by atoms with Crippen LogP contribution in [0.2, 0.25) is 0 Å².